The van der Waals surface area contributed by atoms with Gasteiger partial charge in [-0.1, -0.05) is 24.3 Å². The molecule has 9 heteroatoms. The lowest BCUT2D eigenvalue weighted by Gasteiger charge is -2.17. The van der Waals surface area contributed by atoms with E-state index in [-0.39, 0.29) is 5.56 Å². The van der Waals surface area contributed by atoms with Gasteiger partial charge in [0.15, 0.2) is 0 Å². The van der Waals surface area contributed by atoms with Crippen LogP contribution in [0.1, 0.15) is 34.3 Å². The van der Waals surface area contributed by atoms with Gasteiger partial charge >= 0.3 is 16.4 Å². The highest BCUT2D eigenvalue weighted by molar-refractivity contribution is 7.79. The molecule has 0 saturated carbocycles. The smallest absolute Gasteiger partial charge is 0.394 e. The molecule has 0 aliphatic heterocycles. The van der Waals surface area contributed by atoms with Gasteiger partial charge in [-0.3, -0.25) is 14.5 Å². The molecule has 0 fully saturated rings. The number of carbonyl (C=O) groups is 1. The van der Waals surface area contributed by atoms with Crippen molar-refractivity contribution in [1.29, 1.82) is 0 Å². The highest BCUT2D eigenvalue weighted by Crippen LogP contribution is 2.21. The molecular formula is C17H18N2O6S. The number of carboxylic acid groups (broad SMARTS) is 1. The summed E-state index contributed by atoms with van der Waals surface area (Å²) in [6.07, 6.45) is 3.16. The van der Waals surface area contributed by atoms with Crippen molar-refractivity contribution in [3.05, 3.63) is 65.2 Å². The minimum atomic E-state index is -4.67. The van der Waals surface area contributed by atoms with Crippen LogP contribution in [0.4, 0.5) is 5.69 Å². The molecule has 1 aliphatic carbocycles. The number of carboxylic acids is 1. The van der Waals surface area contributed by atoms with Gasteiger partial charge in [0.05, 0.1) is 17.0 Å². The number of rotatable bonds is 3. The van der Waals surface area contributed by atoms with Crippen LogP contribution in [-0.4, -0.2) is 34.3 Å². The van der Waals surface area contributed by atoms with Crippen LogP contribution in [0, 0.1) is 0 Å². The summed E-state index contributed by atoms with van der Waals surface area (Å²) >= 11 is 0. The molecule has 0 amide bonds. The number of aromatic carboxylic acids is 1. The van der Waals surface area contributed by atoms with Gasteiger partial charge in [-0.05, 0) is 49.1 Å². The Balaban J connectivity index is 0.000000431. The standard InChI is InChI=1S/C17H16N2O2.H2O4S/c20-17(21)13-8-10-14(11-9-13)18-19-16-7-3-5-12-4-1-2-6-15(12)16;1-5(2,3)4/h1-2,4,6,8-11,18H,3,5,7H2,(H,20,21);(H2,1,2,3,4)/b19-16-;. The van der Waals surface area contributed by atoms with E-state index in [1.807, 2.05) is 6.07 Å². The quantitative estimate of drug-likeness (QED) is 0.476. The number of nitrogens with zero attached hydrogens (tertiary/aromatic N) is 1. The molecule has 26 heavy (non-hydrogen) atoms. The highest BCUT2D eigenvalue weighted by atomic mass is 32.3. The number of hydrazone groups is 1. The molecule has 3 rings (SSSR count). The fraction of sp³-hybridized carbons (Fsp3) is 0.176. The number of fused-ring (bicyclic) bond motifs is 1. The van der Waals surface area contributed by atoms with E-state index >= 15 is 0 Å². The summed E-state index contributed by atoms with van der Waals surface area (Å²) in [6, 6.07) is 14.9. The van der Waals surface area contributed by atoms with Gasteiger partial charge in [-0.15, -0.1) is 0 Å². The second-order valence-electron chi connectivity index (χ2n) is 5.51. The molecule has 0 unspecified atom stereocenters. The zero-order valence-electron chi connectivity index (χ0n) is 13.7. The first-order valence-corrected chi connectivity index (χ1v) is 9.08. The molecule has 0 bridgehead atoms. The second kappa shape index (κ2) is 8.56. The number of hydrogen-bond acceptors (Lipinski definition) is 5. The molecular weight excluding hydrogens is 360 g/mol. The third-order valence-electron chi connectivity index (χ3n) is 3.64. The molecule has 0 spiro atoms. The minimum absolute atomic E-state index is 0.274. The highest BCUT2D eigenvalue weighted by Gasteiger charge is 2.14. The van der Waals surface area contributed by atoms with Gasteiger partial charge in [-0.2, -0.15) is 13.5 Å². The monoisotopic (exact) mass is 378 g/mol. The minimum Gasteiger partial charge on any atom is -0.478 e. The van der Waals surface area contributed by atoms with E-state index in [0.29, 0.717) is 0 Å². The van der Waals surface area contributed by atoms with E-state index in [9.17, 15) is 4.79 Å². The topological polar surface area (TPSA) is 136 Å². The maximum Gasteiger partial charge on any atom is 0.394 e. The lowest BCUT2D eigenvalue weighted by molar-refractivity contribution is 0.0697. The third-order valence-corrected chi connectivity index (χ3v) is 3.64. The Hall–Kier alpha value is -2.75. The van der Waals surface area contributed by atoms with Crippen LogP contribution in [-0.2, 0) is 16.8 Å². The summed E-state index contributed by atoms with van der Waals surface area (Å²) < 4.78 is 31.6. The van der Waals surface area contributed by atoms with Gasteiger partial charge in [0.1, 0.15) is 0 Å². The lowest BCUT2D eigenvalue weighted by Crippen LogP contribution is -2.13. The van der Waals surface area contributed by atoms with Gasteiger partial charge in [0.2, 0.25) is 0 Å². The molecule has 0 saturated heterocycles. The molecule has 4 N–H and O–H groups in total. The number of benzene rings is 2. The van der Waals surface area contributed by atoms with Gasteiger partial charge < -0.3 is 5.11 Å². The van der Waals surface area contributed by atoms with Crippen molar-refractivity contribution in [3.8, 4) is 0 Å². The van der Waals surface area contributed by atoms with E-state index in [4.69, 9.17) is 22.6 Å². The zero-order chi connectivity index (χ0) is 19.2. The molecule has 2 aromatic carbocycles. The van der Waals surface area contributed by atoms with Crippen molar-refractivity contribution in [3.63, 3.8) is 0 Å². The molecule has 0 atom stereocenters. The van der Waals surface area contributed by atoms with E-state index in [0.717, 1.165) is 30.7 Å². The maximum atomic E-state index is 10.8. The number of hydrogen-bond donors (Lipinski definition) is 4. The van der Waals surface area contributed by atoms with E-state index < -0.39 is 16.4 Å². The average molecular weight is 378 g/mol. The largest absolute Gasteiger partial charge is 0.478 e. The first-order chi connectivity index (χ1) is 12.2. The van der Waals surface area contributed by atoms with Crippen LogP contribution in [0.15, 0.2) is 53.6 Å². The summed E-state index contributed by atoms with van der Waals surface area (Å²) in [7, 11) is -4.67. The number of nitrogens with one attached hydrogen (secondary N) is 1. The Morgan fingerprint density at radius 1 is 1.00 bits per heavy atom. The van der Waals surface area contributed by atoms with E-state index in [1.165, 1.54) is 11.1 Å². The summed E-state index contributed by atoms with van der Waals surface area (Å²) in [5.41, 5.74) is 7.68. The Morgan fingerprint density at radius 2 is 1.62 bits per heavy atom. The first-order valence-electron chi connectivity index (χ1n) is 7.68. The zero-order valence-corrected chi connectivity index (χ0v) is 14.5. The first kappa shape index (κ1) is 19.6. The predicted molar refractivity (Wildman–Crippen MR) is 97.1 cm³/mol. The van der Waals surface area contributed by atoms with Crippen molar-refractivity contribution in [2.75, 3.05) is 5.43 Å². The second-order valence-corrected chi connectivity index (χ2v) is 6.41. The Kier molecular flexibility index (Phi) is 6.45. The number of anilines is 1. The van der Waals surface area contributed by atoms with Gasteiger partial charge in [0.25, 0.3) is 0 Å². The van der Waals surface area contributed by atoms with Crippen LogP contribution in [0.25, 0.3) is 0 Å². The molecule has 2 aromatic rings. The normalized spacial score (nSPS) is 14.8. The summed E-state index contributed by atoms with van der Waals surface area (Å²) in [4.78, 5) is 10.8. The van der Waals surface area contributed by atoms with Crippen LogP contribution in [0.3, 0.4) is 0 Å². The van der Waals surface area contributed by atoms with E-state index in [1.54, 1.807) is 24.3 Å². The molecule has 0 radical (unpaired) electrons. The van der Waals surface area contributed by atoms with Gasteiger partial charge in [0, 0.05) is 5.56 Å². The summed E-state index contributed by atoms with van der Waals surface area (Å²) in [6.45, 7) is 0. The molecule has 138 valence electrons. The molecule has 1 aliphatic rings. The fourth-order valence-corrected chi connectivity index (χ4v) is 2.54. The third kappa shape index (κ3) is 6.28. The predicted octanol–water partition coefficient (Wildman–Crippen LogP) is 2.88. The average Bonchev–Trinajstić information content (AvgIpc) is 2.59. The maximum absolute atomic E-state index is 10.8. The van der Waals surface area contributed by atoms with Crippen molar-refractivity contribution >= 4 is 27.8 Å². The van der Waals surface area contributed by atoms with Crippen molar-refractivity contribution in [2.24, 2.45) is 5.10 Å². The Labute approximate surface area is 150 Å². The Bertz CT molecular complexity index is 899. The lowest BCUT2D eigenvalue weighted by atomic mass is 9.90. The SMILES string of the molecule is O=C(O)c1ccc(N/N=C2/CCCc3ccccc32)cc1.O=S(=O)(O)O. The molecule has 0 aromatic heterocycles. The van der Waals surface area contributed by atoms with E-state index in [2.05, 4.69) is 28.7 Å². The van der Waals surface area contributed by atoms with Crippen LogP contribution < -0.4 is 5.43 Å². The van der Waals surface area contributed by atoms with Crippen LogP contribution in [0.2, 0.25) is 0 Å². The molecule has 0 heterocycles. The van der Waals surface area contributed by atoms with Gasteiger partial charge in [-0.25, -0.2) is 4.79 Å². The van der Waals surface area contributed by atoms with Crippen LogP contribution >= 0.6 is 0 Å². The summed E-state index contributed by atoms with van der Waals surface area (Å²) in [5, 5.41) is 13.4. The van der Waals surface area contributed by atoms with Crippen molar-refractivity contribution in [1.82, 2.24) is 0 Å². The molecule has 8 nitrogen and oxygen atoms in total. The van der Waals surface area contributed by atoms with Crippen molar-refractivity contribution in [2.45, 2.75) is 19.3 Å². The Morgan fingerprint density at radius 3 is 2.23 bits per heavy atom. The van der Waals surface area contributed by atoms with Crippen LogP contribution in [0.5, 0.6) is 0 Å². The fourth-order valence-electron chi connectivity index (χ4n) is 2.54. The van der Waals surface area contributed by atoms with Crippen molar-refractivity contribution < 1.29 is 27.4 Å². The summed E-state index contributed by atoms with van der Waals surface area (Å²) in [5.74, 6) is -0.922. The number of aryl methyl sites for hydroxylation is 1.